The minimum Gasteiger partial charge on any atom is -0.456 e. The molecule has 0 bridgehead atoms. The predicted molar refractivity (Wildman–Crippen MR) is 218 cm³/mol. The van der Waals surface area contributed by atoms with Crippen LogP contribution in [0.2, 0.25) is 0 Å². The van der Waals surface area contributed by atoms with Gasteiger partial charge in [0.1, 0.15) is 11.2 Å². The number of hydrogen-bond acceptors (Lipinski definition) is 1. The van der Waals surface area contributed by atoms with Gasteiger partial charge in [-0.2, -0.15) is 0 Å². The molecule has 0 atom stereocenters. The molecule has 0 fully saturated rings. The van der Waals surface area contributed by atoms with Crippen LogP contribution in [-0.4, -0.2) is 0 Å². The molecular formula is C50H30O. The maximum absolute atomic E-state index is 6.29. The molecule has 10 aromatic carbocycles. The highest BCUT2D eigenvalue weighted by atomic mass is 16.3. The fourth-order valence-corrected chi connectivity index (χ4v) is 8.41. The van der Waals surface area contributed by atoms with Gasteiger partial charge in [0.15, 0.2) is 0 Å². The first-order valence-electron chi connectivity index (χ1n) is 17.6. The number of rotatable bonds is 3. The lowest BCUT2D eigenvalue weighted by atomic mass is 9.85. The van der Waals surface area contributed by atoms with Gasteiger partial charge in [0, 0.05) is 10.8 Å². The lowest BCUT2D eigenvalue weighted by Crippen LogP contribution is -1.91. The van der Waals surface area contributed by atoms with E-state index < -0.39 is 0 Å². The molecule has 11 rings (SSSR count). The summed E-state index contributed by atoms with van der Waals surface area (Å²) >= 11 is 0. The number of fused-ring (bicyclic) bond motifs is 8. The largest absolute Gasteiger partial charge is 0.456 e. The SMILES string of the molecule is c1ccc2cc(-c3c4ccccc4c(-c4ccc5cc(-c6cccc7cc8c(cc67)oc6ccccc68)ccc5c4)c4ccccc34)ccc2c1. The molecule has 0 saturated carbocycles. The summed E-state index contributed by atoms with van der Waals surface area (Å²) in [7, 11) is 0. The molecule has 1 aromatic heterocycles. The third-order valence-corrected chi connectivity index (χ3v) is 10.8. The topological polar surface area (TPSA) is 13.1 Å². The smallest absolute Gasteiger partial charge is 0.136 e. The molecule has 0 N–H and O–H groups in total. The summed E-state index contributed by atoms with van der Waals surface area (Å²) in [6, 6.07) is 66.5. The Balaban J connectivity index is 1.07. The Morgan fingerprint density at radius 1 is 0.255 bits per heavy atom. The van der Waals surface area contributed by atoms with Crippen molar-refractivity contribution in [2.24, 2.45) is 0 Å². The van der Waals surface area contributed by atoms with Crippen molar-refractivity contribution in [3.05, 3.63) is 182 Å². The Labute approximate surface area is 294 Å². The number of para-hydroxylation sites is 1. The van der Waals surface area contributed by atoms with Crippen LogP contribution in [0.3, 0.4) is 0 Å². The summed E-state index contributed by atoms with van der Waals surface area (Å²) in [6.45, 7) is 0. The molecule has 0 unspecified atom stereocenters. The maximum atomic E-state index is 6.29. The van der Waals surface area contributed by atoms with Crippen molar-refractivity contribution >= 4 is 75.8 Å². The first-order chi connectivity index (χ1) is 25.3. The van der Waals surface area contributed by atoms with Crippen molar-refractivity contribution in [1.82, 2.24) is 0 Å². The lowest BCUT2D eigenvalue weighted by molar-refractivity contribution is 0.669. The van der Waals surface area contributed by atoms with E-state index in [-0.39, 0.29) is 0 Å². The number of hydrogen-bond donors (Lipinski definition) is 0. The van der Waals surface area contributed by atoms with E-state index in [1.807, 2.05) is 12.1 Å². The molecule has 0 aliphatic heterocycles. The van der Waals surface area contributed by atoms with Crippen molar-refractivity contribution in [2.75, 3.05) is 0 Å². The highest BCUT2D eigenvalue weighted by molar-refractivity contribution is 6.22. The summed E-state index contributed by atoms with van der Waals surface area (Å²) in [6.07, 6.45) is 0. The Kier molecular flexibility index (Phi) is 6.02. The van der Waals surface area contributed by atoms with Gasteiger partial charge in [0.2, 0.25) is 0 Å². The van der Waals surface area contributed by atoms with Gasteiger partial charge in [0.25, 0.3) is 0 Å². The summed E-state index contributed by atoms with van der Waals surface area (Å²) in [4.78, 5) is 0. The van der Waals surface area contributed by atoms with Gasteiger partial charge in [-0.05, 0) is 124 Å². The normalized spacial score (nSPS) is 11.9. The third-order valence-electron chi connectivity index (χ3n) is 10.8. The molecule has 0 saturated heterocycles. The van der Waals surface area contributed by atoms with Crippen LogP contribution >= 0.6 is 0 Å². The molecule has 11 aromatic rings. The van der Waals surface area contributed by atoms with Gasteiger partial charge in [0.05, 0.1) is 0 Å². The van der Waals surface area contributed by atoms with Gasteiger partial charge >= 0.3 is 0 Å². The quantitative estimate of drug-likeness (QED) is 0.174. The van der Waals surface area contributed by atoms with Crippen molar-refractivity contribution in [3.63, 3.8) is 0 Å². The number of furan rings is 1. The molecule has 1 nitrogen and oxygen atoms in total. The molecule has 236 valence electrons. The van der Waals surface area contributed by atoms with Crippen LogP contribution in [0.1, 0.15) is 0 Å². The van der Waals surface area contributed by atoms with Gasteiger partial charge in [-0.3, -0.25) is 0 Å². The van der Waals surface area contributed by atoms with Crippen molar-refractivity contribution < 1.29 is 4.42 Å². The van der Waals surface area contributed by atoms with Crippen LogP contribution in [0.15, 0.2) is 186 Å². The van der Waals surface area contributed by atoms with Gasteiger partial charge in [-0.25, -0.2) is 0 Å². The summed E-state index contributed by atoms with van der Waals surface area (Å²) in [5.41, 5.74) is 9.30. The van der Waals surface area contributed by atoms with Crippen LogP contribution in [0.5, 0.6) is 0 Å². The lowest BCUT2D eigenvalue weighted by Gasteiger charge is -2.18. The first-order valence-corrected chi connectivity index (χ1v) is 17.6. The van der Waals surface area contributed by atoms with Crippen LogP contribution < -0.4 is 0 Å². The van der Waals surface area contributed by atoms with E-state index in [1.54, 1.807) is 0 Å². The average molecular weight is 647 g/mol. The zero-order valence-electron chi connectivity index (χ0n) is 27.7. The Morgan fingerprint density at radius 3 is 1.41 bits per heavy atom. The average Bonchev–Trinajstić information content (AvgIpc) is 3.55. The van der Waals surface area contributed by atoms with Crippen LogP contribution in [0, 0.1) is 0 Å². The minimum atomic E-state index is 0.924. The highest BCUT2D eigenvalue weighted by Crippen LogP contribution is 2.45. The maximum Gasteiger partial charge on any atom is 0.136 e. The molecule has 0 aliphatic carbocycles. The molecule has 0 spiro atoms. The standard InChI is InChI=1S/C50H30O/c1-2-11-32-27-37(24-20-31(32)10-1)49-41-14-3-5-16-43(41)50(44-17-6-4-15-42(44)49)38-25-22-33-26-36(23-21-34(33)28-38)39-18-9-12-35-29-46-40-13-7-8-19-47(40)51-48(46)30-45(35)39/h1-30H. The van der Waals surface area contributed by atoms with E-state index in [1.165, 1.54) is 87.2 Å². The minimum absolute atomic E-state index is 0.924. The molecule has 1 heterocycles. The molecule has 1 heteroatoms. The molecule has 0 radical (unpaired) electrons. The van der Waals surface area contributed by atoms with E-state index in [9.17, 15) is 0 Å². The molecule has 0 aliphatic rings. The Hall–Kier alpha value is -6.70. The fourth-order valence-electron chi connectivity index (χ4n) is 8.41. The van der Waals surface area contributed by atoms with E-state index in [0.29, 0.717) is 0 Å². The van der Waals surface area contributed by atoms with E-state index >= 15 is 0 Å². The summed E-state index contributed by atoms with van der Waals surface area (Å²) in [5, 5.41) is 14.8. The van der Waals surface area contributed by atoms with Crippen molar-refractivity contribution in [3.8, 4) is 33.4 Å². The number of benzene rings is 10. The zero-order chi connectivity index (χ0) is 33.5. The Morgan fingerprint density at radius 2 is 0.745 bits per heavy atom. The summed E-state index contributed by atoms with van der Waals surface area (Å²) in [5.74, 6) is 0. The molecule has 51 heavy (non-hydrogen) atoms. The second kappa shape index (κ2) is 10.9. The van der Waals surface area contributed by atoms with Gasteiger partial charge in [-0.15, -0.1) is 0 Å². The van der Waals surface area contributed by atoms with Gasteiger partial charge < -0.3 is 4.42 Å². The second-order valence-electron chi connectivity index (χ2n) is 13.7. The fraction of sp³-hybridized carbons (Fsp3) is 0. The van der Waals surface area contributed by atoms with Crippen LogP contribution in [0.25, 0.3) is 109 Å². The second-order valence-corrected chi connectivity index (χ2v) is 13.7. The van der Waals surface area contributed by atoms with Crippen LogP contribution in [-0.2, 0) is 0 Å². The monoisotopic (exact) mass is 646 g/mol. The van der Waals surface area contributed by atoms with Crippen LogP contribution in [0.4, 0.5) is 0 Å². The van der Waals surface area contributed by atoms with E-state index in [2.05, 4.69) is 170 Å². The molecular weight excluding hydrogens is 617 g/mol. The predicted octanol–water partition coefficient (Wildman–Crippen LogP) is 14.4. The molecule has 0 amide bonds. The third kappa shape index (κ3) is 4.35. The zero-order valence-corrected chi connectivity index (χ0v) is 27.7. The van der Waals surface area contributed by atoms with Crippen molar-refractivity contribution in [1.29, 1.82) is 0 Å². The van der Waals surface area contributed by atoms with E-state index in [0.717, 1.165) is 21.9 Å². The van der Waals surface area contributed by atoms with Crippen molar-refractivity contribution in [2.45, 2.75) is 0 Å². The van der Waals surface area contributed by atoms with E-state index in [4.69, 9.17) is 4.42 Å². The summed E-state index contributed by atoms with van der Waals surface area (Å²) < 4.78 is 6.29. The first kappa shape index (κ1) is 28.2. The Bertz CT molecular complexity index is 3140. The highest BCUT2D eigenvalue weighted by Gasteiger charge is 2.17. The van der Waals surface area contributed by atoms with Gasteiger partial charge in [-0.1, -0.05) is 146 Å².